The maximum absolute atomic E-state index is 15.7. The number of aromatic nitrogens is 1. The van der Waals surface area contributed by atoms with Crippen molar-refractivity contribution in [2.45, 2.75) is 182 Å². The lowest BCUT2D eigenvalue weighted by Crippen LogP contribution is -2.64. The van der Waals surface area contributed by atoms with E-state index in [-0.39, 0.29) is 56.5 Å². The van der Waals surface area contributed by atoms with Crippen molar-refractivity contribution >= 4 is 124 Å². The van der Waals surface area contributed by atoms with Crippen molar-refractivity contribution < 1.29 is 125 Å². The standard InChI is InChI=1S/C91H113F3N16O23S/c1-7-8-23-69-90(130)110-44-57(114)41-71(110)85(125)103-67(45-133-49-112)83(123)105-78(50(2)3)91(131)107(5)70(38-51-17-11-9-12-18-51)84(124)100-63(28-29-76(117)118)88(128)109-31-33-132-46-73(109)86(126)102-65(40-55-42-96-61-22-16-15-21-58(55)61)82(122)101-64(36-53-24-26-56(113)27-25-53)81(121)99-62(30-32-111)80(120)104-68(79(119)97-43-74(95)115)47-134-48-75(116)98-66(37-54-34-59(92)77(94)60(93)35-54)87(127)108(6)72(89(129)106(69)4)39-52-19-13-10-14-20-52/h9-22,24-27,34-35,42,49-50,57,62-73,78,96,111,113-114H,7-8,23,28-33,36-41,43-48H2,1-6H3,(H2,95,115)(H,97,119)(H,98,116)(H,99,121)(H,100,124)(H,101,122)(H,102,126)(H,103,125)(H,104,120)(H,105,123)(H,117,118)/t57-,62+,63+,64+,65+,66+,67+,68+,69+,70+,71-,72+,73-,78+/m1/s1. The van der Waals surface area contributed by atoms with Crippen molar-refractivity contribution in [3.8, 4) is 5.75 Å². The number of nitrogens with zero attached hydrogens (tertiary/aromatic N) is 5. The molecule has 6 aromatic rings. The molecule has 134 heavy (non-hydrogen) atoms. The van der Waals surface area contributed by atoms with E-state index in [1.807, 2.05) is 0 Å². The minimum Gasteiger partial charge on any atom is -0.508 e. The lowest BCUT2D eigenvalue weighted by atomic mass is 9.98. The highest BCUT2D eigenvalue weighted by atomic mass is 32.2. The van der Waals surface area contributed by atoms with E-state index in [0.29, 0.717) is 57.9 Å². The summed E-state index contributed by atoms with van der Waals surface area (Å²) in [5, 5.41) is 65.8. The van der Waals surface area contributed by atoms with Crippen molar-refractivity contribution in [1.82, 2.24) is 77.3 Å². The molecule has 3 fully saturated rings. The van der Waals surface area contributed by atoms with Gasteiger partial charge in [0, 0.05) is 109 Å². The van der Waals surface area contributed by atoms with Crippen LogP contribution in [0.15, 0.2) is 128 Å². The van der Waals surface area contributed by atoms with Crippen LogP contribution in [0.25, 0.3) is 10.9 Å². The number of phenolic OH excluding ortho intramolecular Hbond substituents is 1. The first-order valence-corrected chi connectivity index (χ1v) is 44.7. The summed E-state index contributed by atoms with van der Waals surface area (Å²) in [5.74, 6) is -25.3. The predicted octanol–water partition coefficient (Wildman–Crippen LogP) is -1.03. The van der Waals surface area contributed by atoms with Crippen LogP contribution in [0.4, 0.5) is 13.2 Å². The normalized spacial score (nSPS) is 24.1. The van der Waals surface area contributed by atoms with Crippen LogP contribution in [0.1, 0.15) is 93.5 Å². The molecule has 39 nitrogen and oxygen atoms in total. The number of para-hydroxylation sites is 1. The number of amides is 15. The first-order chi connectivity index (χ1) is 63.9. The highest BCUT2D eigenvalue weighted by Crippen LogP contribution is 2.28. The largest absolute Gasteiger partial charge is 0.508 e. The molecule has 5 aromatic carbocycles. The van der Waals surface area contributed by atoms with Gasteiger partial charge in [0.15, 0.2) is 17.5 Å². The molecule has 0 radical (unpaired) electrons. The molecule has 14 atom stereocenters. The molecule has 0 aliphatic carbocycles. The van der Waals surface area contributed by atoms with Gasteiger partial charge in [-0.3, -0.25) is 81.5 Å². The van der Waals surface area contributed by atoms with Gasteiger partial charge in [-0.15, -0.1) is 11.8 Å². The number of nitrogens with one attached hydrogen (secondary N) is 10. The van der Waals surface area contributed by atoms with Crippen LogP contribution in [0, 0.1) is 23.4 Å². The van der Waals surface area contributed by atoms with Gasteiger partial charge < -0.3 is 113 Å². The van der Waals surface area contributed by atoms with E-state index in [9.17, 15) is 63.2 Å². The van der Waals surface area contributed by atoms with Crippen molar-refractivity contribution in [1.29, 1.82) is 0 Å². The summed E-state index contributed by atoms with van der Waals surface area (Å²) < 4.78 is 55.9. The minimum atomic E-state index is -1.92. The number of rotatable bonds is 25. The fourth-order valence-electron chi connectivity index (χ4n) is 15.9. The number of benzene rings is 5. The predicted molar refractivity (Wildman–Crippen MR) is 476 cm³/mol. The van der Waals surface area contributed by atoms with Crippen LogP contribution in [0.5, 0.6) is 5.75 Å². The second-order valence-electron chi connectivity index (χ2n) is 33.2. The van der Waals surface area contributed by atoms with Gasteiger partial charge in [0.05, 0.1) is 31.6 Å². The highest BCUT2D eigenvalue weighted by Gasteiger charge is 2.48. The molecular weight excluding hydrogens is 1770 g/mol. The number of aromatic amines is 1. The number of carboxylic acids is 1. The number of hydrogen-bond acceptors (Lipinski definition) is 23. The second kappa shape index (κ2) is 49.8. The zero-order valence-electron chi connectivity index (χ0n) is 74.6. The average molecular weight is 1890 g/mol. The number of aromatic hydroxyl groups is 1. The Hall–Kier alpha value is -13.6. The fourth-order valence-corrected chi connectivity index (χ4v) is 16.7. The molecule has 3 saturated heterocycles. The number of carbonyl (C=O) groups is 17. The molecule has 3 aliphatic rings. The Morgan fingerprint density at radius 2 is 1.15 bits per heavy atom. The summed E-state index contributed by atoms with van der Waals surface area (Å²) in [4.78, 5) is 257. The number of morpholine rings is 1. The molecule has 0 spiro atoms. The number of nitrogens with two attached hydrogens (primary N) is 1. The van der Waals surface area contributed by atoms with Crippen LogP contribution in [-0.4, -0.2) is 314 Å². The van der Waals surface area contributed by atoms with Gasteiger partial charge in [-0.2, -0.15) is 0 Å². The van der Waals surface area contributed by atoms with Gasteiger partial charge in [-0.25, -0.2) is 13.2 Å². The first kappa shape index (κ1) is 104. The highest BCUT2D eigenvalue weighted by molar-refractivity contribution is 8.00. The SMILES string of the molecule is CCCC[C@H]1C(=O)N2C[C@H](O)C[C@@H]2C(=O)N[C@@H](COC=O)C(=O)N[C@@H](C(C)C)C(=O)N(C)[C@@H](Cc2ccccc2)C(=O)N[C@@H](CCC(=O)O)C(=O)N2CCOC[C@@H]2C(=O)N[C@@H](Cc2c[nH]c3ccccc23)C(=O)N[C@@H](Cc2ccc(O)cc2)C(=O)N[C@@H](CCO)C(=O)N[C@H](C(=O)NCC(N)=O)CSCC(=O)N[C@@H](Cc2cc(F)c(F)c(F)c2)C(=O)N(C)[C@@H](Cc2ccccc2)C(=O)N1C. The van der Waals surface area contributed by atoms with E-state index in [1.54, 1.807) is 98.0 Å². The zero-order valence-corrected chi connectivity index (χ0v) is 75.4. The first-order valence-electron chi connectivity index (χ1n) is 43.5. The van der Waals surface area contributed by atoms with Gasteiger partial charge in [0.25, 0.3) is 6.47 Å². The monoisotopic (exact) mass is 1890 g/mol. The van der Waals surface area contributed by atoms with Crippen molar-refractivity contribution in [3.63, 3.8) is 0 Å². The molecule has 0 bridgehead atoms. The van der Waals surface area contributed by atoms with E-state index < -0.39 is 298 Å². The second-order valence-corrected chi connectivity index (χ2v) is 34.3. The molecule has 0 unspecified atom stereocenters. The molecule has 0 saturated carbocycles. The van der Waals surface area contributed by atoms with E-state index in [4.69, 9.17) is 15.2 Å². The molecule has 15 amide bonds. The third kappa shape index (κ3) is 28.7. The summed E-state index contributed by atoms with van der Waals surface area (Å²) >= 11 is 0.602. The molecule has 3 aliphatic heterocycles. The number of thioether (sulfide) groups is 1. The summed E-state index contributed by atoms with van der Waals surface area (Å²) in [6, 6.07) is 6.91. The van der Waals surface area contributed by atoms with Crippen LogP contribution in [-0.2, 0) is 123 Å². The Bertz CT molecular complexity index is 5180. The smallest absolute Gasteiger partial charge is 0.303 e. The number of ether oxygens (including phenoxy) is 2. The Morgan fingerprint density at radius 3 is 1.78 bits per heavy atom. The number of likely N-dealkylation sites (N-methyl/N-ethyl adjacent to an activating group) is 3. The third-order valence-corrected chi connectivity index (χ3v) is 24.3. The van der Waals surface area contributed by atoms with Crippen molar-refractivity contribution in [2.75, 3.05) is 78.7 Å². The van der Waals surface area contributed by atoms with Gasteiger partial charge in [0.1, 0.15) is 90.9 Å². The number of aliphatic hydroxyl groups excluding tert-OH is 2. The quantitative estimate of drug-likeness (QED) is 0.0241. The Labute approximate surface area is 773 Å². The van der Waals surface area contributed by atoms with Crippen LogP contribution < -0.4 is 53.6 Å². The molecule has 722 valence electrons. The zero-order chi connectivity index (χ0) is 97.7. The Kier molecular flexibility index (Phi) is 38.7. The van der Waals surface area contributed by atoms with Gasteiger partial charge in [-0.05, 0) is 83.3 Å². The number of H-pyrrole nitrogens is 1. The minimum absolute atomic E-state index is 0.0474. The Balaban J connectivity index is 1.14. The van der Waals surface area contributed by atoms with Gasteiger partial charge >= 0.3 is 5.97 Å². The molecule has 1 aromatic heterocycles. The number of primary amides is 1. The van der Waals surface area contributed by atoms with Crippen LogP contribution >= 0.6 is 11.8 Å². The van der Waals surface area contributed by atoms with Crippen molar-refractivity contribution in [2.24, 2.45) is 11.7 Å². The number of carboxylic acid groups (broad SMARTS) is 1. The maximum atomic E-state index is 15.7. The topological polar surface area (TPSA) is 556 Å². The summed E-state index contributed by atoms with van der Waals surface area (Å²) in [7, 11) is 3.59. The molecule has 9 rings (SSSR count). The maximum Gasteiger partial charge on any atom is 0.303 e. The number of unbranched alkanes of at least 4 members (excludes halogenated alkanes) is 1. The van der Waals surface area contributed by atoms with E-state index >= 15 is 51.9 Å². The van der Waals surface area contributed by atoms with E-state index in [2.05, 4.69) is 52.8 Å². The van der Waals surface area contributed by atoms with E-state index in [1.165, 1.54) is 52.2 Å². The lowest BCUT2D eigenvalue weighted by molar-refractivity contribution is -0.152. The molecule has 4 heterocycles. The number of aliphatic hydroxyl groups is 2. The number of phenols is 1. The summed E-state index contributed by atoms with van der Waals surface area (Å²) in [5.41, 5.74) is 7.12. The van der Waals surface area contributed by atoms with Crippen LogP contribution in [0.3, 0.4) is 0 Å². The average Bonchev–Trinajstić information content (AvgIpc) is 1.48. The number of halogens is 3. The third-order valence-electron chi connectivity index (χ3n) is 23.2. The summed E-state index contributed by atoms with van der Waals surface area (Å²) in [6.07, 6.45) is -4.18. The molecule has 43 heteroatoms. The Morgan fingerprint density at radius 1 is 0.590 bits per heavy atom. The van der Waals surface area contributed by atoms with Gasteiger partial charge in [0.2, 0.25) is 88.6 Å². The number of carbonyl (C=O) groups excluding carboxylic acids is 16. The number of fused-ring (bicyclic) bond motifs is 3. The fraction of sp³-hybridized carbons (Fsp3) is 0.462. The van der Waals surface area contributed by atoms with Crippen molar-refractivity contribution in [3.05, 3.63) is 173 Å². The lowest BCUT2D eigenvalue weighted by Gasteiger charge is -2.38. The molecular formula is C91H113F3N16O23S. The molecule has 16 N–H and O–H groups in total. The number of aliphatic carboxylic acids is 1. The summed E-state index contributed by atoms with van der Waals surface area (Å²) in [6.45, 7) is 0.420. The van der Waals surface area contributed by atoms with Gasteiger partial charge in [-0.1, -0.05) is 125 Å². The number of hydrogen-bond donors (Lipinski definition) is 15. The van der Waals surface area contributed by atoms with Crippen LogP contribution in [0.2, 0.25) is 0 Å². The van der Waals surface area contributed by atoms with E-state index in [0.717, 1.165) is 31.5 Å².